The van der Waals surface area contributed by atoms with Gasteiger partial charge in [0.25, 0.3) is 0 Å². The Morgan fingerprint density at radius 2 is 1.62 bits per heavy atom. The Kier molecular flexibility index (Phi) is 6.67. The zero-order valence-electron chi connectivity index (χ0n) is 14.5. The van der Waals surface area contributed by atoms with Crippen molar-refractivity contribution in [3.8, 4) is 17.2 Å². The second-order valence-corrected chi connectivity index (χ2v) is 5.68. The van der Waals surface area contributed by atoms with Crippen molar-refractivity contribution in [2.24, 2.45) is 0 Å². The van der Waals surface area contributed by atoms with Crippen molar-refractivity contribution < 1.29 is 19.0 Å². The molecule has 0 heterocycles. The summed E-state index contributed by atoms with van der Waals surface area (Å²) < 4.78 is 16.0. The zero-order chi connectivity index (χ0) is 17.4. The maximum absolute atomic E-state index is 11.0. The van der Waals surface area contributed by atoms with Gasteiger partial charge in [-0.25, -0.2) is 0 Å². The number of rotatable bonds is 9. The summed E-state index contributed by atoms with van der Waals surface area (Å²) in [5.74, 6) is 2.27. The minimum absolute atomic E-state index is 0.0221. The normalized spacial score (nSPS) is 10.3. The van der Waals surface area contributed by atoms with E-state index in [0.717, 1.165) is 36.5 Å². The van der Waals surface area contributed by atoms with Crippen LogP contribution in [0.4, 0.5) is 0 Å². The lowest BCUT2D eigenvalue weighted by atomic mass is 10.0. The number of ketones is 1. The van der Waals surface area contributed by atoms with Crippen molar-refractivity contribution in [1.29, 1.82) is 0 Å². The summed E-state index contributed by atoms with van der Waals surface area (Å²) >= 11 is 0. The Bertz CT molecular complexity index is 679. The molecule has 0 bridgehead atoms. The van der Waals surface area contributed by atoms with Crippen LogP contribution in [-0.2, 0) is 17.6 Å². The highest BCUT2D eigenvalue weighted by atomic mass is 16.5. The number of carbonyl (C=O) groups excluding carboxylic acids is 1. The molecule has 128 valence electrons. The van der Waals surface area contributed by atoms with Gasteiger partial charge in [0.15, 0.2) is 17.3 Å². The molecule has 0 aliphatic rings. The first-order valence-electron chi connectivity index (χ1n) is 8.04. The predicted octanol–water partition coefficient (Wildman–Crippen LogP) is 3.85. The number of aryl methyl sites for hydroxylation is 2. The molecule has 24 heavy (non-hydrogen) atoms. The molecule has 4 heteroatoms. The van der Waals surface area contributed by atoms with Gasteiger partial charge in [0.1, 0.15) is 12.4 Å². The van der Waals surface area contributed by atoms with E-state index in [1.165, 1.54) is 18.1 Å². The summed E-state index contributed by atoms with van der Waals surface area (Å²) in [7, 11) is 3.28. The predicted molar refractivity (Wildman–Crippen MR) is 94.2 cm³/mol. The summed E-state index contributed by atoms with van der Waals surface area (Å²) in [6.07, 6.45) is 2.93. The molecule has 0 unspecified atom stereocenters. The molecule has 2 aromatic rings. The number of benzene rings is 2. The molecule has 0 saturated heterocycles. The number of carbonyl (C=O) groups is 1. The fourth-order valence-corrected chi connectivity index (χ4v) is 2.51. The lowest BCUT2D eigenvalue weighted by molar-refractivity contribution is -0.118. The smallest absolute Gasteiger partial charge is 0.167 e. The monoisotopic (exact) mass is 328 g/mol. The van der Waals surface area contributed by atoms with E-state index in [4.69, 9.17) is 14.2 Å². The van der Waals surface area contributed by atoms with Gasteiger partial charge >= 0.3 is 0 Å². The molecule has 2 rings (SSSR count). The van der Waals surface area contributed by atoms with Crippen LogP contribution >= 0.6 is 0 Å². The molecule has 0 aromatic heterocycles. The summed E-state index contributed by atoms with van der Waals surface area (Å²) in [5, 5.41) is 0. The first-order chi connectivity index (χ1) is 11.6. The van der Waals surface area contributed by atoms with Gasteiger partial charge in [-0.1, -0.05) is 18.2 Å². The quantitative estimate of drug-likeness (QED) is 0.701. The second kappa shape index (κ2) is 8.96. The molecule has 0 aliphatic carbocycles. The van der Waals surface area contributed by atoms with Gasteiger partial charge in [0.2, 0.25) is 0 Å². The van der Waals surface area contributed by atoms with Gasteiger partial charge in [0.05, 0.1) is 14.2 Å². The van der Waals surface area contributed by atoms with E-state index < -0.39 is 0 Å². The number of hydrogen-bond acceptors (Lipinski definition) is 4. The summed E-state index contributed by atoms with van der Waals surface area (Å²) in [5.41, 5.74) is 2.42. The van der Waals surface area contributed by atoms with Crippen LogP contribution in [0.1, 0.15) is 24.5 Å². The zero-order valence-corrected chi connectivity index (χ0v) is 14.5. The average Bonchev–Trinajstić information content (AvgIpc) is 2.60. The highest BCUT2D eigenvalue weighted by molar-refractivity contribution is 5.77. The Labute approximate surface area is 143 Å². The van der Waals surface area contributed by atoms with E-state index in [0.29, 0.717) is 0 Å². The molecule has 0 atom stereocenters. The van der Waals surface area contributed by atoms with Gasteiger partial charge in [-0.15, -0.1) is 0 Å². The molecule has 0 amide bonds. The lowest BCUT2D eigenvalue weighted by Gasteiger charge is -2.10. The molecular weight excluding hydrogens is 304 g/mol. The molecule has 0 radical (unpaired) electrons. The molecule has 0 N–H and O–H groups in total. The number of ether oxygens (including phenoxy) is 3. The Morgan fingerprint density at radius 1 is 0.917 bits per heavy atom. The van der Waals surface area contributed by atoms with Crippen LogP contribution in [0, 0.1) is 0 Å². The van der Waals surface area contributed by atoms with Gasteiger partial charge in [0, 0.05) is 0 Å². The summed E-state index contributed by atoms with van der Waals surface area (Å²) in [6, 6.07) is 13.9. The van der Waals surface area contributed by atoms with Crippen molar-refractivity contribution >= 4 is 5.78 Å². The van der Waals surface area contributed by atoms with Crippen LogP contribution < -0.4 is 14.2 Å². The molecule has 0 aliphatic heterocycles. The van der Waals surface area contributed by atoms with Crippen molar-refractivity contribution in [2.45, 2.75) is 26.2 Å². The molecule has 0 spiro atoms. The third-order valence-corrected chi connectivity index (χ3v) is 3.72. The molecule has 0 fully saturated rings. The highest BCUT2D eigenvalue weighted by Crippen LogP contribution is 2.28. The van der Waals surface area contributed by atoms with E-state index >= 15 is 0 Å². The third-order valence-electron chi connectivity index (χ3n) is 3.72. The second-order valence-electron chi connectivity index (χ2n) is 5.68. The van der Waals surface area contributed by atoms with E-state index in [1.54, 1.807) is 14.2 Å². The lowest BCUT2D eigenvalue weighted by Crippen LogP contribution is -2.06. The maximum atomic E-state index is 11.0. The van der Waals surface area contributed by atoms with E-state index in [1.807, 2.05) is 30.3 Å². The Morgan fingerprint density at radius 3 is 2.29 bits per heavy atom. The number of Topliss-reactive ketones (excluding diaryl/α,β-unsaturated/α-hetero) is 1. The standard InChI is InChI=1S/C20H24O4/c1-15(21)14-24-18-9-5-8-16(12-18)6-4-7-17-10-11-19(22-2)20(13-17)23-3/h5,8-13H,4,6-7,14H2,1-3H3. The van der Waals surface area contributed by atoms with Gasteiger partial charge < -0.3 is 14.2 Å². The van der Waals surface area contributed by atoms with Crippen molar-refractivity contribution in [3.63, 3.8) is 0 Å². The van der Waals surface area contributed by atoms with Gasteiger partial charge in [-0.2, -0.15) is 0 Å². The Balaban J connectivity index is 1.90. The minimum atomic E-state index is 0.0221. The Hall–Kier alpha value is -2.49. The van der Waals surface area contributed by atoms with Crippen LogP contribution in [0.5, 0.6) is 17.2 Å². The van der Waals surface area contributed by atoms with Gasteiger partial charge in [-0.05, 0) is 61.6 Å². The average molecular weight is 328 g/mol. The minimum Gasteiger partial charge on any atom is -0.493 e. The van der Waals surface area contributed by atoms with E-state index in [2.05, 4.69) is 12.1 Å². The first kappa shape index (κ1) is 17.9. The van der Waals surface area contributed by atoms with E-state index in [9.17, 15) is 4.79 Å². The maximum Gasteiger partial charge on any atom is 0.167 e. The van der Waals surface area contributed by atoms with Crippen LogP contribution in [0.25, 0.3) is 0 Å². The van der Waals surface area contributed by atoms with Gasteiger partial charge in [-0.3, -0.25) is 4.79 Å². The third kappa shape index (κ3) is 5.30. The molecule has 4 nitrogen and oxygen atoms in total. The van der Waals surface area contributed by atoms with Crippen molar-refractivity contribution in [1.82, 2.24) is 0 Å². The summed E-state index contributed by atoms with van der Waals surface area (Å²) in [6.45, 7) is 1.64. The largest absolute Gasteiger partial charge is 0.493 e. The van der Waals surface area contributed by atoms with Crippen molar-refractivity contribution in [2.75, 3.05) is 20.8 Å². The molecular formula is C20H24O4. The van der Waals surface area contributed by atoms with Crippen LogP contribution in [0.3, 0.4) is 0 Å². The van der Waals surface area contributed by atoms with Crippen LogP contribution in [0.15, 0.2) is 42.5 Å². The fraction of sp³-hybridized carbons (Fsp3) is 0.350. The highest BCUT2D eigenvalue weighted by Gasteiger charge is 2.05. The molecule has 2 aromatic carbocycles. The van der Waals surface area contributed by atoms with E-state index in [-0.39, 0.29) is 12.4 Å². The first-order valence-corrected chi connectivity index (χ1v) is 8.04. The fourth-order valence-electron chi connectivity index (χ4n) is 2.51. The number of methoxy groups -OCH3 is 2. The van der Waals surface area contributed by atoms with Crippen LogP contribution in [-0.4, -0.2) is 26.6 Å². The topological polar surface area (TPSA) is 44.8 Å². The number of hydrogen-bond donors (Lipinski definition) is 0. The molecule has 0 saturated carbocycles. The van der Waals surface area contributed by atoms with Crippen LogP contribution in [0.2, 0.25) is 0 Å². The SMILES string of the molecule is COc1ccc(CCCc2cccc(OCC(C)=O)c2)cc1OC. The summed E-state index contributed by atoms with van der Waals surface area (Å²) in [4.78, 5) is 11.0. The van der Waals surface area contributed by atoms with Crippen molar-refractivity contribution in [3.05, 3.63) is 53.6 Å².